The van der Waals surface area contributed by atoms with Crippen LogP contribution in [0.3, 0.4) is 0 Å². The molecule has 0 aliphatic rings. The van der Waals surface area contributed by atoms with Gasteiger partial charge in [0.15, 0.2) is 0 Å². The average molecular weight is 776 g/mol. The molecule has 0 aromatic heterocycles. The highest BCUT2D eigenvalue weighted by Crippen LogP contribution is 2.38. The van der Waals surface area contributed by atoms with Gasteiger partial charge in [0, 0.05) is 6.42 Å². The quantitative estimate of drug-likeness (QED) is 0.0423. The Morgan fingerprint density at radius 3 is 1.38 bits per heavy atom. The molecule has 1 amide bonds. The summed E-state index contributed by atoms with van der Waals surface area (Å²) in [4.78, 5) is 13.4. The third-order valence-corrected chi connectivity index (χ3v) is 16.5. The largest absolute Gasteiger partial charge is 0.399 e. The predicted molar refractivity (Wildman–Crippen MR) is 242 cm³/mol. The second-order valence-electron chi connectivity index (χ2n) is 17.3. The van der Waals surface area contributed by atoms with E-state index in [4.69, 9.17) is 4.43 Å². The number of carbonyl (C=O) groups is 1. The first-order chi connectivity index (χ1) is 26.8. The van der Waals surface area contributed by atoms with Crippen molar-refractivity contribution in [1.29, 1.82) is 0 Å². The van der Waals surface area contributed by atoms with Gasteiger partial charge in [-0.05, 0) is 34.7 Å². The highest BCUT2D eigenvalue weighted by Gasteiger charge is 2.52. The molecule has 2 aromatic rings. The summed E-state index contributed by atoms with van der Waals surface area (Å²) in [6, 6.07) is 20.8. The second kappa shape index (κ2) is 30.9. The van der Waals surface area contributed by atoms with Crippen LogP contribution in [0.25, 0.3) is 0 Å². The van der Waals surface area contributed by atoms with Gasteiger partial charge in [0.1, 0.15) is 0 Å². The molecule has 0 fully saturated rings. The second-order valence-corrected chi connectivity index (χ2v) is 21.6. The number of unbranched alkanes of at least 4 members (excludes halogenated alkanes) is 23. The summed E-state index contributed by atoms with van der Waals surface area (Å²) in [5.74, 6) is 0.0111. The summed E-state index contributed by atoms with van der Waals surface area (Å²) >= 11 is 0. The third kappa shape index (κ3) is 20.2. The van der Waals surface area contributed by atoms with Gasteiger partial charge in [-0.15, -0.1) is 0 Å². The molecule has 55 heavy (non-hydrogen) atoms. The minimum Gasteiger partial charge on any atom is -0.399 e. The van der Waals surface area contributed by atoms with Crippen LogP contribution in [0.15, 0.2) is 72.8 Å². The van der Waals surface area contributed by atoms with Crippen molar-refractivity contribution in [3.05, 3.63) is 72.8 Å². The maximum Gasteiger partial charge on any atom is 0.261 e. The minimum atomic E-state index is -2.92. The highest BCUT2D eigenvalue weighted by atomic mass is 28.4. The molecule has 0 heterocycles. The summed E-state index contributed by atoms with van der Waals surface area (Å²) in [5.41, 5.74) is 0. The van der Waals surface area contributed by atoms with Crippen LogP contribution in [0, 0.1) is 0 Å². The van der Waals surface area contributed by atoms with Crippen LogP contribution in [0.2, 0.25) is 5.04 Å². The number of carbonyl (C=O) groups excluding carboxylic acids is 1. The summed E-state index contributed by atoms with van der Waals surface area (Å²) in [5, 5.41) is 16.3. The van der Waals surface area contributed by atoms with Gasteiger partial charge in [0.05, 0.1) is 18.8 Å². The molecule has 0 saturated heterocycles. The fourth-order valence-corrected chi connectivity index (χ4v) is 12.8. The fraction of sp³-hybridized carbons (Fsp3) is 0.700. The van der Waals surface area contributed by atoms with Crippen LogP contribution in [0.5, 0.6) is 0 Å². The summed E-state index contributed by atoms with van der Waals surface area (Å²) in [7, 11) is -2.92. The minimum absolute atomic E-state index is 0.0111. The van der Waals surface area contributed by atoms with E-state index in [0.29, 0.717) is 6.42 Å². The standard InChI is InChI=1S/C50H85NO3Si/c1-6-8-10-12-14-16-18-20-22-24-26-28-36-42-48(54-55(50(3,4)5,45-38-32-30-33-39-45)46-40-34-31-35-41-46)47(44-52)51-49(53)43-37-29-27-25-23-21-19-17-15-13-11-9-7-2/h30-36,38-42,47-48,52H,6-29,37,43-44H2,1-5H3,(H,51,53)/b42-36+/t47-,48-/m0/s1. The van der Waals surface area contributed by atoms with E-state index in [2.05, 4.69) is 113 Å². The van der Waals surface area contributed by atoms with E-state index in [-0.39, 0.29) is 17.6 Å². The smallest absolute Gasteiger partial charge is 0.261 e. The van der Waals surface area contributed by atoms with E-state index in [1.807, 2.05) is 0 Å². The van der Waals surface area contributed by atoms with Crippen molar-refractivity contribution in [2.75, 3.05) is 6.61 Å². The first kappa shape index (κ1) is 48.9. The van der Waals surface area contributed by atoms with E-state index in [0.717, 1.165) is 25.7 Å². The molecule has 2 N–H and O–H groups in total. The number of amides is 1. The normalized spacial score (nSPS) is 13.3. The Bertz CT molecular complexity index is 1170. The summed E-state index contributed by atoms with van der Waals surface area (Å²) < 4.78 is 7.54. The molecule has 0 aliphatic heterocycles. The molecule has 0 spiro atoms. The van der Waals surface area contributed by atoms with Gasteiger partial charge >= 0.3 is 0 Å². The zero-order valence-corrected chi connectivity index (χ0v) is 37.4. The van der Waals surface area contributed by atoms with Crippen LogP contribution in [-0.2, 0) is 9.22 Å². The fourth-order valence-electron chi connectivity index (χ4n) is 8.12. The lowest BCUT2D eigenvalue weighted by Crippen LogP contribution is -2.69. The number of rotatable bonds is 34. The molecule has 0 bridgehead atoms. The van der Waals surface area contributed by atoms with Crippen molar-refractivity contribution in [1.82, 2.24) is 5.32 Å². The third-order valence-electron chi connectivity index (χ3n) is 11.5. The lowest BCUT2D eigenvalue weighted by molar-refractivity contribution is -0.122. The Morgan fingerprint density at radius 2 is 1.00 bits per heavy atom. The first-order valence-electron chi connectivity index (χ1n) is 23.2. The lowest BCUT2D eigenvalue weighted by Gasteiger charge is -2.46. The Balaban J connectivity index is 2.04. The topological polar surface area (TPSA) is 58.6 Å². The van der Waals surface area contributed by atoms with Crippen molar-refractivity contribution in [3.63, 3.8) is 0 Å². The number of hydrogen-bond acceptors (Lipinski definition) is 3. The summed E-state index contributed by atoms with van der Waals surface area (Å²) in [6.45, 7) is 11.2. The Kier molecular flexibility index (Phi) is 27.5. The SMILES string of the molecule is CCCCCCCCCCCCC/C=C/[C@H](O[Si](c1ccccc1)(c1ccccc1)C(C)(C)C)[C@H](CO)NC(=O)CCCCCCCCCCCCCCC. The van der Waals surface area contributed by atoms with E-state index in [1.54, 1.807) is 0 Å². The number of nitrogens with one attached hydrogen (secondary N) is 1. The Morgan fingerprint density at radius 1 is 0.618 bits per heavy atom. The van der Waals surface area contributed by atoms with Crippen molar-refractivity contribution in [2.24, 2.45) is 0 Å². The van der Waals surface area contributed by atoms with Gasteiger partial charge < -0.3 is 14.8 Å². The van der Waals surface area contributed by atoms with Crippen LogP contribution >= 0.6 is 0 Å². The number of benzene rings is 2. The van der Waals surface area contributed by atoms with Crippen LogP contribution in [0.1, 0.15) is 202 Å². The van der Waals surface area contributed by atoms with Crippen molar-refractivity contribution >= 4 is 24.6 Å². The molecular formula is C50H85NO3Si. The molecule has 0 radical (unpaired) electrons. The van der Waals surface area contributed by atoms with E-state index in [1.165, 1.54) is 145 Å². The van der Waals surface area contributed by atoms with Crippen molar-refractivity contribution in [2.45, 2.75) is 219 Å². The average Bonchev–Trinajstić information content (AvgIpc) is 3.19. The molecule has 2 rings (SSSR count). The molecule has 4 nitrogen and oxygen atoms in total. The molecule has 5 heteroatoms. The number of hydrogen-bond donors (Lipinski definition) is 2. The van der Waals surface area contributed by atoms with Gasteiger partial charge in [-0.3, -0.25) is 4.79 Å². The zero-order valence-electron chi connectivity index (χ0n) is 36.4. The number of allylic oxidation sites excluding steroid dienone is 1. The molecule has 0 unspecified atom stereocenters. The summed E-state index contributed by atoms with van der Waals surface area (Å²) in [6.07, 6.45) is 36.7. The van der Waals surface area contributed by atoms with Crippen LogP contribution in [0.4, 0.5) is 0 Å². The van der Waals surface area contributed by atoms with Gasteiger partial charge in [0.25, 0.3) is 8.32 Å². The number of aliphatic hydroxyl groups is 1. The maximum atomic E-state index is 13.4. The monoisotopic (exact) mass is 776 g/mol. The molecule has 312 valence electrons. The van der Waals surface area contributed by atoms with Crippen LogP contribution < -0.4 is 15.7 Å². The van der Waals surface area contributed by atoms with Crippen molar-refractivity contribution in [3.8, 4) is 0 Å². The zero-order chi connectivity index (χ0) is 39.9. The van der Waals surface area contributed by atoms with E-state index in [9.17, 15) is 9.90 Å². The van der Waals surface area contributed by atoms with Gasteiger partial charge in [-0.2, -0.15) is 0 Å². The Hall–Kier alpha value is -2.21. The van der Waals surface area contributed by atoms with Gasteiger partial charge in [0.2, 0.25) is 5.91 Å². The lowest BCUT2D eigenvalue weighted by atomic mass is 10.0. The van der Waals surface area contributed by atoms with Crippen molar-refractivity contribution < 1.29 is 14.3 Å². The van der Waals surface area contributed by atoms with Gasteiger partial charge in [-0.25, -0.2) is 0 Å². The highest BCUT2D eigenvalue weighted by molar-refractivity contribution is 6.99. The van der Waals surface area contributed by atoms with Gasteiger partial charge in [-0.1, -0.05) is 249 Å². The van der Waals surface area contributed by atoms with Crippen LogP contribution in [-0.4, -0.2) is 38.1 Å². The maximum absolute atomic E-state index is 13.4. The Labute approximate surface area is 341 Å². The molecule has 2 atom stereocenters. The number of aliphatic hydroxyl groups excluding tert-OH is 1. The molecular weight excluding hydrogens is 691 g/mol. The molecule has 0 aliphatic carbocycles. The van der Waals surface area contributed by atoms with E-state index < -0.39 is 20.5 Å². The molecule has 0 saturated carbocycles. The first-order valence-corrected chi connectivity index (χ1v) is 25.1. The molecule has 2 aromatic carbocycles. The van der Waals surface area contributed by atoms with E-state index >= 15 is 0 Å². The predicted octanol–water partition coefficient (Wildman–Crippen LogP) is 13.1.